The molecule has 0 atom stereocenters. The van der Waals surface area contributed by atoms with Crippen LogP contribution in [0.1, 0.15) is 13.8 Å². The molecule has 0 rings (SSSR count). The highest BCUT2D eigenvalue weighted by Gasteiger charge is 2.03. The quantitative estimate of drug-likeness (QED) is 0.639. The summed E-state index contributed by atoms with van der Waals surface area (Å²) >= 11 is 0. The van der Waals surface area contributed by atoms with Crippen LogP contribution in [0.2, 0.25) is 0 Å². The minimum absolute atomic E-state index is 0.122. The Balaban J connectivity index is 4.78. The van der Waals surface area contributed by atoms with Gasteiger partial charge in [-0.05, 0) is 24.1 Å². The molecule has 0 aromatic rings. The van der Waals surface area contributed by atoms with Crippen molar-refractivity contribution in [3.05, 3.63) is 36.1 Å². The molecule has 13 heavy (non-hydrogen) atoms. The summed E-state index contributed by atoms with van der Waals surface area (Å²) in [5.41, 5.74) is 1.91. The maximum atomic E-state index is 10.7. The van der Waals surface area contributed by atoms with Crippen molar-refractivity contribution in [2.24, 2.45) is 0 Å². The zero-order valence-corrected chi connectivity index (χ0v) is 8.05. The van der Waals surface area contributed by atoms with Crippen LogP contribution in [-0.4, -0.2) is 17.6 Å². The second kappa shape index (κ2) is 5.32. The number of hydrogen-bond acceptors (Lipinski definition) is 2. The van der Waals surface area contributed by atoms with Crippen molar-refractivity contribution >= 4 is 5.91 Å². The van der Waals surface area contributed by atoms with Gasteiger partial charge in [0.1, 0.15) is 0 Å². The maximum Gasteiger partial charge on any atom is 0.221 e. The van der Waals surface area contributed by atoms with E-state index in [9.17, 15) is 4.79 Å². The number of allylic oxidation sites excluding steroid dienone is 1. The van der Waals surface area contributed by atoms with Gasteiger partial charge in [0.2, 0.25) is 5.91 Å². The lowest BCUT2D eigenvalue weighted by Gasteiger charge is -2.09. The maximum absolute atomic E-state index is 10.7. The molecule has 0 heterocycles. The van der Waals surface area contributed by atoms with Gasteiger partial charge in [-0.15, -0.1) is 0 Å². The number of amides is 1. The molecule has 0 saturated carbocycles. The van der Waals surface area contributed by atoms with Crippen molar-refractivity contribution in [3.63, 3.8) is 0 Å². The number of hydrogen-bond donors (Lipinski definition) is 2. The number of nitrogens with one attached hydrogen (secondary N) is 1. The molecule has 0 radical (unpaired) electrons. The summed E-state index contributed by atoms with van der Waals surface area (Å²) < 4.78 is 0. The van der Waals surface area contributed by atoms with Crippen LogP contribution < -0.4 is 5.32 Å². The lowest BCUT2D eigenvalue weighted by molar-refractivity contribution is -0.118. The number of carbonyl (C=O) groups excluding carboxylic acids is 1. The Kier molecular flexibility index (Phi) is 4.77. The predicted molar refractivity (Wildman–Crippen MR) is 52.9 cm³/mol. The molecule has 0 unspecified atom stereocenters. The predicted octanol–water partition coefficient (Wildman–Crippen LogP) is 1.13. The first kappa shape index (κ1) is 11.6. The van der Waals surface area contributed by atoms with E-state index in [0.717, 1.165) is 5.57 Å². The van der Waals surface area contributed by atoms with E-state index in [1.54, 1.807) is 6.92 Å². The first-order chi connectivity index (χ1) is 6.02. The number of aliphatic hydroxyl groups is 1. The van der Waals surface area contributed by atoms with E-state index in [1.807, 2.05) is 0 Å². The zero-order chi connectivity index (χ0) is 10.4. The molecule has 72 valence electrons. The van der Waals surface area contributed by atoms with Crippen LogP contribution in [0, 0.1) is 0 Å². The standard InChI is InChI=1S/C10H15NO2/c1-5-10(11-9(4)13)8(3)7(2)6-12/h5,12H,1-2,6H2,3-4H3,(H,11,13)/b10-8+. The Morgan fingerprint density at radius 1 is 1.54 bits per heavy atom. The normalized spacial score (nSPS) is 11.6. The van der Waals surface area contributed by atoms with Crippen LogP contribution in [0.4, 0.5) is 0 Å². The van der Waals surface area contributed by atoms with E-state index in [2.05, 4.69) is 18.5 Å². The molecule has 0 aromatic heterocycles. The zero-order valence-electron chi connectivity index (χ0n) is 8.05. The SMILES string of the molecule is C=C/C(NC(C)=O)=C(/C)C(=C)CO. The minimum atomic E-state index is -0.167. The molecule has 1 amide bonds. The molecule has 0 fully saturated rings. The summed E-state index contributed by atoms with van der Waals surface area (Å²) in [5, 5.41) is 11.4. The highest BCUT2D eigenvalue weighted by Crippen LogP contribution is 2.10. The molecule has 2 N–H and O–H groups in total. The highest BCUT2D eigenvalue weighted by molar-refractivity contribution is 5.76. The van der Waals surface area contributed by atoms with Crippen molar-refractivity contribution in [1.82, 2.24) is 5.32 Å². The van der Waals surface area contributed by atoms with Gasteiger partial charge in [0.05, 0.1) is 6.61 Å². The van der Waals surface area contributed by atoms with E-state index in [1.165, 1.54) is 13.0 Å². The van der Waals surface area contributed by atoms with Gasteiger partial charge >= 0.3 is 0 Å². The molecule has 0 aliphatic rings. The van der Waals surface area contributed by atoms with Crippen LogP contribution in [0.5, 0.6) is 0 Å². The molecular weight excluding hydrogens is 166 g/mol. The Bertz CT molecular complexity index is 264. The molecule has 0 aromatic carbocycles. The van der Waals surface area contributed by atoms with Crippen LogP contribution >= 0.6 is 0 Å². The molecule has 0 aliphatic carbocycles. The van der Waals surface area contributed by atoms with Gasteiger partial charge < -0.3 is 10.4 Å². The van der Waals surface area contributed by atoms with Gasteiger partial charge in [-0.25, -0.2) is 0 Å². The second-order valence-electron chi connectivity index (χ2n) is 2.69. The Morgan fingerprint density at radius 3 is 2.38 bits per heavy atom. The fraction of sp³-hybridized carbons (Fsp3) is 0.300. The second-order valence-corrected chi connectivity index (χ2v) is 2.69. The third kappa shape index (κ3) is 3.71. The third-order valence-electron chi connectivity index (χ3n) is 1.64. The molecule has 0 saturated heterocycles. The molecule has 3 nitrogen and oxygen atoms in total. The van der Waals surface area contributed by atoms with Crippen LogP contribution in [0.3, 0.4) is 0 Å². The smallest absolute Gasteiger partial charge is 0.221 e. The van der Waals surface area contributed by atoms with Gasteiger partial charge in [-0.1, -0.05) is 13.2 Å². The number of carbonyl (C=O) groups is 1. The van der Waals surface area contributed by atoms with Gasteiger partial charge in [-0.3, -0.25) is 4.79 Å². The topological polar surface area (TPSA) is 49.3 Å². The van der Waals surface area contributed by atoms with Crippen molar-refractivity contribution in [2.45, 2.75) is 13.8 Å². The van der Waals surface area contributed by atoms with Crippen molar-refractivity contribution in [2.75, 3.05) is 6.61 Å². The van der Waals surface area contributed by atoms with Gasteiger partial charge in [0, 0.05) is 12.6 Å². The molecule has 0 bridgehead atoms. The first-order valence-corrected chi connectivity index (χ1v) is 3.92. The summed E-state index contributed by atoms with van der Waals surface area (Å²) in [7, 11) is 0. The average Bonchev–Trinajstić information content (AvgIpc) is 2.11. The largest absolute Gasteiger partial charge is 0.392 e. The highest BCUT2D eigenvalue weighted by atomic mass is 16.3. The van der Waals surface area contributed by atoms with Gasteiger partial charge in [0.15, 0.2) is 0 Å². The average molecular weight is 181 g/mol. The fourth-order valence-corrected chi connectivity index (χ4v) is 0.797. The summed E-state index contributed by atoms with van der Waals surface area (Å²) in [4.78, 5) is 10.7. The van der Waals surface area contributed by atoms with Crippen molar-refractivity contribution in [1.29, 1.82) is 0 Å². The monoisotopic (exact) mass is 181 g/mol. The van der Waals surface area contributed by atoms with E-state index in [4.69, 9.17) is 5.11 Å². The number of rotatable bonds is 4. The molecular formula is C10H15NO2. The summed E-state index contributed by atoms with van der Waals surface area (Å²) in [6, 6.07) is 0. The molecule has 3 heteroatoms. The van der Waals surface area contributed by atoms with Crippen LogP contribution in [0.15, 0.2) is 36.1 Å². The van der Waals surface area contributed by atoms with E-state index in [-0.39, 0.29) is 12.5 Å². The van der Waals surface area contributed by atoms with Gasteiger partial charge in [0.25, 0.3) is 0 Å². The van der Waals surface area contributed by atoms with Crippen LogP contribution in [0.25, 0.3) is 0 Å². The molecule has 0 aliphatic heterocycles. The van der Waals surface area contributed by atoms with Gasteiger partial charge in [-0.2, -0.15) is 0 Å². The lowest BCUT2D eigenvalue weighted by Crippen LogP contribution is -2.19. The van der Waals surface area contributed by atoms with E-state index >= 15 is 0 Å². The molecule has 0 spiro atoms. The Hall–Kier alpha value is -1.35. The summed E-state index contributed by atoms with van der Waals surface area (Å²) in [6.07, 6.45) is 1.53. The van der Waals surface area contributed by atoms with Crippen LogP contribution in [-0.2, 0) is 4.79 Å². The summed E-state index contributed by atoms with van der Waals surface area (Å²) in [6.45, 7) is 10.3. The third-order valence-corrected chi connectivity index (χ3v) is 1.64. The summed E-state index contributed by atoms with van der Waals surface area (Å²) in [5.74, 6) is -0.167. The lowest BCUT2D eigenvalue weighted by atomic mass is 10.1. The number of aliphatic hydroxyl groups excluding tert-OH is 1. The van der Waals surface area contributed by atoms with E-state index in [0.29, 0.717) is 11.3 Å². The van der Waals surface area contributed by atoms with Crippen molar-refractivity contribution in [3.8, 4) is 0 Å². The minimum Gasteiger partial charge on any atom is -0.392 e. The Labute approximate surface area is 78.5 Å². The first-order valence-electron chi connectivity index (χ1n) is 3.92. The Morgan fingerprint density at radius 2 is 2.08 bits per heavy atom. The fourth-order valence-electron chi connectivity index (χ4n) is 0.797. The van der Waals surface area contributed by atoms with Crippen molar-refractivity contribution < 1.29 is 9.90 Å². The van der Waals surface area contributed by atoms with E-state index < -0.39 is 0 Å².